The topological polar surface area (TPSA) is 35.5 Å². The SMILES string of the molecule is COc1ccc(C(=O)OC2=CC=C(C3=CC=CCC3)CC2)cc1. The number of esters is 1. The molecule has 1 aromatic carbocycles. The smallest absolute Gasteiger partial charge is 0.343 e. The average Bonchev–Trinajstić information content (AvgIpc) is 2.63. The van der Waals surface area contributed by atoms with Crippen LogP contribution in [0.2, 0.25) is 0 Å². The highest BCUT2D eigenvalue weighted by Crippen LogP contribution is 2.29. The molecule has 3 nitrogen and oxygen atoms in total. The molecule has 0 radical (unpaired) electrons. The highest BCUT2D eigenvalue weighted by molar-refractivity contribution is 5.90. The van der Waals surface area contributed by atoms with E-state index in [0.29, 0.717) is 5.56 Å². The van der Waals surface area contributed by atoms with Crippen molar-refractivity contribution in [2.24, 2.45) is 0 Å². The Balaban J connectivity index is 1.65. The van der Waals surface area contributed by atoms with Crippen LogP contribution in [-0.4, -0.2) is 13.1 Å². The van der Waals surface area contributed by atoms with Gasteiger partial charge in [-0.1, -0.05) is 24.3 Å². The van der Waals surface area contributed by atoms with Gasteiger partial charge in [0.2, 0.25) is 0 Å². The van der Waals surface area contributed by atoms with Gasteiger partial charge in [0.1, 0.15) is 11.5 Å². The monoisotopic (exact) mass is 308 g/mol. The molecule has 3 heteroatoms. The molecule has 118 valence electrons. The molecule has 0 amide bonds. The fraction of sp³-hybridized carbons (Fsp3) is 0.250. The second kappa shape index (κ2) is 7.14. The molecule has 3 rings (SSSR count). The van der Waals surface area contributed by atoms with Gasteiger partial charge >= 0.3 is 5.97 Å². The first-order valence-corrected chi connectivity index (χ1v) is 7.88. The normalized spacial score (nSPS) is 17.0. The van der Waals surface area contributed by atoms with E-state index in [4.69, 9.17) is 9.47 Å². The first-order chi connectivity index (χ1) is 11.3. The fourth-order valence-corrected chi connectivity index (χ4v) is 2.75. The van der Waals surface area contributed by atoms with E-state index >= 15 is 0 Å². The lowest BCUT2D eigenvalue weighted by Gasteiger charge is -2.18. The Hall–Kier alpha value is -2.55. The zero-order valence-electron chi connectivity index (χ0n) is 13.2. The first kappa shape index (κ1) is 15.3. The average molecular weight is 308 g/mol. The molecule has 0 saturated carbocycles. The molecule has 0 bridgehead atoms. The number of ether oxygens (including phenoxy) is 2. The lowest BCUT2D eigenvalue weighted by molar-refractivity contribution is 0.0613. The number of benzene rings is 1. The molecule has 0 unspecified atom stereocenters. The van der Waals surface area contributed by atoms with Crippen LogP contribution in [0.1, 0.15) is 36.0 Å². The maximum atomic E-state index is 12.2. The summed E-state index contributed by atoms with van der Waals surface area (Å²) in [7, 11) is 1.60. The summed E-state index contributed by atoms with van der Waals surface area (Å²) in [5.74, 6) is 1.12. The summed E-state index contributed by atoms with van der Waals surface area (Å²) in [6, 6.07) is 6.94. The molecule has 0 aromatic heterocycles. The predicted octanol–water partition coefficient (Wildman–Crippen LogP) is 4.73. The summed E-state index contributed by atoms with van der Waals surface area (Å²) in [5.41, 5.74) is 3.27. The molecule has 1 aromatic rings. The summed E-state index contributed by atoms with van der Waals surface area (Å²) < 4.78 is 10.6. The van der Waals surface area contributed by atoms with E-state index in [1.54, 1.807) is 31.4 Å². The minimum absolute atomic E-state index is 0.324. The number of rotatable bonds is 4. The number of carbonyl (C=O) groups excluding carboxylic acids is 1. The molecular formula is C20H20O3. The quantitative estimate of drug-likeness (QED) is 0.754. The Morgan fingerprint density at radius 1 is 0.957 bits per heavy atom. The van der Waals surface area contributed by atoms with Gasteiger partial charge in [-0.3, -0.25) is 0 Å². The van der Waals surface area contributed by atoms with Crippen molar-refractivity contribution in [2.75, 3.05) is 7.11 Å². The molecule has 0 spiro atoms. The third-order valence-electron chi connectivity index (χ3n) is 4.09. The van der Waals surface area contributed by atoms with Crippen molar-refractivity contribution < 1.29 is 14.3 Å². The van der Waals surface area contributed by atoms with Crippen LogP contribution in [0.5, 0.6) is 5.75 Å². The number of hydrogen-bond donors (Lipinski definition) is 0. The van der Waals surface area contributed by atoms with Crippen LogP contribution in [0.4, 0.5) is 0 Å². The summed E-state index contributed by atoms with van der Waals surface area (Å²) in [6.07, 6.45) is 14.3. The Morgan fingerprint density at radius 3 is 2.35 bits per heavy atom. The first-order valence-electron chi connectivity index (χ1n) is 7.88. The standard InChI is InChI=1S/C20H20O3/c1-22-18-11-9-17(10-12-18)20(21)23-19-13-7-16(8-14-19)15-5-3-2-4-6-15/h2-3,5,7,9-13H,4,6,8,14H2,1H3. The maximum absolute atomic E-state index is 12.2. The van der Waals surface area contributed by atoms with Gasteiger partial charge in [-0.15, -0.1) is 0 Å². The minimum atomic E-state index is -0.324. The van der Waals surface area contributed by atoms with Gasteiger partial charge in [0, 0.05) is 6.42 Å². The highest BCUT2D eigenvalue weighted by atomic mass is 16.5. The molecule has 2 aliphatic carbocycles. The van der Waals surface area contributed by atoms with Crippen molar-refractivity contribution in [3.05, 3.63) is 77.1 Å². The molecule has 2 aliphatic rings. The van der Waals surface area contributed by atoms with E-state index in [1.165, 1.54) is 11.1 Å². The highest BCUT2D eigenvalue weighted by Gasteiger charge is 2.15. The summed E-state index contributed by atoms with van der Waals surface area (Å²) in [6.45, 7) is 0. The fourth-order valence-electron chi connectivity index (χ4n) is 2.75. The van der Waals surface area contributed by atoms with Crippen LogP contribution in [0.25, 0.3) is 0 Å². The summed E-state index contributed by atoms with van der Waals surface area (Å²) in [4.78, 5) is 12.2. The van der Waals surface area contributed by atoms with E-state index in [-0.39, 0.29) is 5.97 Å². The van der Waals surface area contributed by atoms with Gasteiger partial charge in [-0.25, -0.2) is 4.79 Å². The zero-order valence-corrected chi connectivity index (χ0v) is 13.2. The summed E-state index contributed by atoms with van der Waals surface area (Å²) >= 11 is 0. The van der Waals surface area contributed by atoms with Gasteiger partial charge < -0.3 is 9.47 Å². The number of methoxy groups -OCH3 is 1. The maximum Gasteiger partial charge on any atom is 0.343 e. The molecule has 0 heterocycles. The number of carbonyl (C=O) groups is 1. The Bertz CT molecular complexity index is 703. The summed E-state index contributed by atoms with van der Waals surface area (Å²) in [5, 5.41) is 0. The number of hydrogen-bond acceptors (Lipinski definition) is 3. The molecule has 0 atom stereocenters. The lowest BCUT2D eigenvalue weighted by atomic mass is 9.91. The molecule has 0 saturated heterocycles. The lowest BCUT2D eigenvalue weighted by Crippen LogP contribution is -2.07. The van der Waals surface area contributed by atoms with Gasteiger partial charge in [0.25, 0.3) is 0 Å². The molecular weight excluding hydrogens is 288 g/mol. The third-order valence-corrected chi connectivity index (χ3v) is 4.09. The number of allylic oxidation sites excluding steroid dienone is 8. The van der Waals surface area contributed by atoms with Crippen LogP contribution in [0.15, 0.2) is 71.6 Å². The Labute approximate surface area is 136 Å². The van der Waals surface area contributed by atoms with Crippen LogP contribution < -0.4 is 4.74 Å². The molecule has 0 N–H and O–H groups in total. The Kier molecular flexibility index (Phi) is 4.77. The second-order valence-corrected chi connectivity index (χ2v) is 5.60. The van der Waals surface area contributed by atoms with Crippen molar-refractivity contribution in [2.45, 2.75) is 25.7 Å². The van der Waals surface area contributed by atoms with E-state index < -0.39 is 0 Å². The van der Waals surface area contributed by atoms with E-state index in [2.05, 4.69) is 24.3 Å². The van der Waals surface area contributed by atoms with Crippen LogP contribution >= 0.6 is 0 Å². The molecule has 0 aliphatic heterocycles. The zero-order chi connectivity index (χ0) is 16.1. The largest absolute Gasteiger partial charge is 0.497 e. The van der Waals surface area contributed by atoms with Crippen molar-refractivity contribution in [1.29, 1.82) is 0 Å². The molecule has 23 heavy (non-hydrogen) atoms. The van der Waals surface area contributed by atoms with Crippen molar-refractivity contribution in [1.82, 2.24) is 0 Å². The van der Waals surface area contributed by atoms with Gasteiger partial charge in [0.15, 0.2) is 0 Å². The van der Waals surface area contributed by atoms with E-state index in [0.717, 1.165) is 37.2 Å². The van der Waals surface area contributed by atoms with Crippen LogP contribution in [-0.2, 0) is 4.74 Å². The van der Waals surface area contributed by atoms with Crippen LogP contribution in [0.3, 0.4) is 0 Å². The van der Waals surface area contributed by atoms with Crippen molar-refractivity contribution in [3.63, 3.8) is 0 Å². The Morgan fingerprint density at radius 2 is 1.74 bits per heavy atom. The minimum Gasteiger partial charge on any atom is -0.497 e. The van der Waals surface area contributed by atoms with Gasteiger partial charge in [-0.05, 0) is 60.8 Å². The third kappa shape index (κ3) is 3.81. The second-order valence-electron chi connectivity index (χ2n) is 5.60. The van der Waals surface area contributed by atoms with E-state index in [1.807, 2.05) is 6.08 Å². The molecule has 0 fully saturated rings. The predicted molar refractivity (Wildman–Crippen MR) is 90.3 cm³/mol. The van der Waals surface area contributed by atoms with E-state index in [9.17, 15) is 4.79 Å². The van der Waals surface area contributed by atoms with Crippen LogP contribution in [0, 0.1) is 0 Å². The van der Waals surface area contributed by atoms with Crippen molar-refractivity contribution in [3.8, 4) is 5.75 Å². The van der Waals surface area contributed by atoms with Gasteiger partial charge in [-0.2, -0.15) is 0 Å². The van der Waals surface area contributed by atoms with Gasteiger partial charge in [0.05, 0.1) is 12.7 Å². The van der Waals surface area contributed by atoms with Crippen molar-refractivity contribution >= 4 is 5.97 Å².